The predicted octanol–water partition coefficient (Wildman–Crippen LogP) is 2.30. The van der Waals surface area contributed by atoms with Crippen LogP contribution in [0.1, 0.15) is 29.9 Å². The highest BCUT2D eigenvalue weighted by Gasteiger charge is 2.25. The summed E-state index contributed by atoms with van der Waals surface area (Å²) in [6.07, 6.45) is 2.67. The maximum Gasteiger partial charge on any atom is 0.00204 e. The van der Waals surface area contributed by atoms with Gasteiger partial charge in [-0.1, -0.05) is 24.3 Å². The molecule has 0 aliphatic carbocycles. The van der Waals surface area contributed by atoms with Gasteiger partial charge in [0.1, 0.15) is 0 Å². The van der Waals surface area contributed by atoms with Gasteiger partial charge in [-0.2, -0.15) is 0 Å². The Kier molecular flexibility index (Phi) is 4.57. The Labute approximate surface area is 105 Å². The van der Waals surface area contributed by atoms with Gasteiger partial charge in [-0.3, -0.25) is 0 Å². The molecule has 0 aromatic heterocycles. The van der Waals surface area contributed by atoms with Crippen LogP contribution in [0.2, 0.25) is 0 Å². The highest BCUT2D eigenvalue weighted by atomic mass is 14.9. The summed E-state index contributed by atoms with van der Waals surface area (Å²) < 4.78 is 0. The molecule has 0 spiro atoms. The van der Waals surface area contributed by atoms with Crippen LogP contribution < -0.4 is 10.6 Å². The Bertz CT molecular complexity index is 343. The number of hydrogen-bond acceptors (Lipinski definition) is 2. The van der Waals surface area contributed by atoms with Gasteiger partial charge in [0.05, 0.1) is 0 Å². The van der Waals surface area contributed by atoms with Crippen molar-refractivity contribution in [2.75, 3.05) is 26.7 Å². The van der Waals surface area contributed by atoms with Crippen LogP contribution >= 0.6 is 0 Å². The molecule has 1 fully saturated rings. The molecular weight excluding hydrogens is 208 g/mol. The fraction of sp³-hybridized carbons (Fsp3) is 0.600. The van der Waals surface area contributed by atoms with Gasteiger partial charge in [-0.15, -0.1) is 0 Å². The van der Waals surface area contributed by atoms with Crippen LogP contribution in [0.4, 0.5) is 0 Å². The van der Waals surface area contributed by atoms with Crippen molar-refractivity contribution in [2.45, 2.75) is 25.7 Å². The zero-order valence-corrected chi connectivity index (χ0v) is 11.0. The summed E-state index contributed by atoms with van der Waals surface area (Å²) in [4.78, 5) is 0. The average Bonchev–Trinajstić information content (AvgIpc) is 2.38. The van der Waals surface area contributed by atoms with E-state index in [1.165, 1.54) is 37.1 Å². The van der Waals surface area contributed by atoms with E-state index < -0.39 is 0 Å². The predicted molar refractivity (Wildman–Crippen MR) is 73.4 cm³/mol. The molecule has 0 saturated carbocycles. The molecule has 1 saturated heterocycles. The van der Waals surface area contributed by atoms with Crippen LogP contribution in [-0.4, -0.2) is 26.7 Å². The third kappa shape index (κ3) is 3.08. The number of benzene rings is 1. The van der Waals surface area contributed by atoms with E-state index >= 15 is 0 Å². The largest absolute Gasteiger partial charge is 0.319 e. The summed E-state index contributed by atoms with van der Waals surface area (Å²) in [5.41, 5.74) is 2.95. The zero-order chi connectivity index (χ0) is 12.1. The molecule has 2 N–H and O–H groups in total. The van der Waals surface area contributed by atoms with Gasteiger partial charge in [0.25, 0.3) is 0 Å². The molecule has 1 aromatic carbocycles. The Hall–Kier alpha value is -0.860. The molecule has 1 heterocycles. The van der Waals surface area contributed by atoms with Crippen LogP contribution in [0.25, 0.3) is 0 Å². The summed E-state index contributed by atoms with van der Waals surface area (Å²) in [5.74, 6) is 1.42. The molecular formula is C15H24N2. The van der Waals surface area contributed by atoms with Crippen molar-refractivity contribution in [3.63, 3.8) is 0 Å². The first kappa shape index (κ1) is 12.6. The van der Waals surface area contributed by atoms with Crippen molar-refractivity contribution in [3.05, 3.63) is 35.4 Å². The lowest BCUT2D eigenvalue weighted by Gasteiger charge is -2.32. The van der Waals surface area contributed by atoms with Gasteiger partial charge in [0.15, 0.2) is 0 Å². The fourth-order valence-corrected chi connectivity index (χ4v) is 2.98. The molecule has 2 nitrogen and oxygen atoms in total. The Morgan fingerprint density at radius 2 is 2.24 bits per heavy atom. The van der Waals surface area contributed by atoms with Gasteiger partial charge in [0.2, 0.25) is 0 Å². The van der Waals surface area contributed by atoms with Gasteiger partial charge in [-0.05, 0) is 56.9 Å². The van der Waals surface area contributed by atoms with E-state index in [1.54, 1.807) is 0 Å². The molecule has 1 aromatic rings. The monoisotopic (exact) mass is 232 g/mol. The lowest BCUT2D eigenvalue weighted by Crippen LogP contribution is -2.36. The van der Waals surface area contributed by atoms with Crippen molar-refractivity contribution in [2.24, 2.45) is 5.92 Å². The van der Waals surface area contributed by atoms with Crippen molar-refractivity contribution >= 4 is 0 Å². The topological polar surface area (TPSA) is 24.1 Å². The maximum absolute atomic E-state index is 3.54. The Balaban J connectivity index is 2.18. The minimum absolute atomic E-state index is 0.647. The van der Waals surface area contributed by atoms with E-state index in [4.69, 9.17) is 0 Å². The van der Waals surface area contributed by atoms with Crippen LogP contribution in [0, 0.1) is 12.8 Å². The second-order valence-electron chi connectivity index (χ2n) is 5.13. The van der Waals surface area contributed by atoms with Crippen LogP contribution in [0.5, 0.6) is 0 Å². The molecule has 17 heavy (non-hydrogen) atoms. The second-order valence-corrected chi connectivity index (χ2v) is 5.13. The van der Waals surface area contributed by atoms with Gasteiger partial charge in [-0.25, -0.2) is 0 Å². The van der Waals surface area contributed by atoms with E-state index in [-0.39, 0.29) is 0 Å². The van der Waals surface area contributed by atoms with E-state index in [1.807, 2.05) is 0 Å². The second kappa shape index (κ2) is 6.18. The molecule has 2 unspecified atom stereocenters. The van der Waals surface area contributed by atoms with Gasteiger partial charge < -0.3 is 10.6 Å². The van der Waals surface area contributed by atoms with Crippen molar-refractivity contribution < 1.29 is 0 Å². The van der Waals surface area contributed by atoms with Crippen LogP contribution in [0.3, 0.4) is 0 Å². The molecule has 2 atom stereocenters. The summed E-state index contributed by atoms with van der Waals surface area (Å²) >= 11 is 0. The average molecular weight is 232 g/mol. The zero-order valence-electron chi connectivity index (χ0n) is 11.0. The smallest absolute Gasteiger partial charge is 0.00204 e. The van der Waals surface area contributed by atoms with Crippen LogP contribution in [0.15, 0.2) is 24.3 Å². The minimum atomic E-state index is 0.647. The Morgan fingerprint density at radius 3 is 2.88 bits per heavy atom. The summed E-state index contributed by atoms with van der Waals surface area (Å²) in [6.45, 7) is 5.67. The fourth-order valence-electron chi connectivity index (χ4n) is 2.98. The number of hydrogen-bond donors (Lipinski definition) is 2. The van der Waals surface area contributed by atoms with E-state index in [0.717, 1.165) is 12.5 Å². The molecule has 0 radical (unpaired) electrons. The molecule has 2 rings (SSSR count). The molecule has 1 aliphatic rings. The first-order chi connectivity index (χ1) is 8.33. The molecule has 94 valence electrons. The number of likely N-dealkylation sites (N-methyl/N-ethyl adjacent to an activating group) is 1. The third-order valence-electron chi connectivity index (χ3n) is 3.92. The molecule has 2 heteroatoms. The number of rotatable bonds is 4. The lowest BCUT2D eigenvalue weighted by atomic mass is 9.80. The standard InChI is InChI=1S/C15H24N2/c1-12-6-3-4-8-14(12)15(11-16-2)13-7-5-9-17-10-13/h3-4,6,8,13,15-17H,5,7,9-11H2,1-2H3. The quantitative estimate of drug-likeness (QED) is 0.832. The van der Waals surface area contributed by atoms with Crippen molar-refractivity contribution in [3.8, 4) is 0 Å². The van der Waals surface area contributed by atoms with Gasteiger partial charge in [0, 0.05) is 12.5 Å². The van der Waals surface area contributed by atoms with E-state index in [0.29, 0.717) is 5.92 Å². The third-order valence-corrected chi connectivity index (χ3v) is 3.92. The summed E-state index contributed by atoms with van der Waals surface area (Å²) in [6, 6.07) is 8.83. The summed E-state index contributed by atoms with van der Waals surface area (Å²) in [7, 11) is 2.06. The maximum atomic E-state index is 3.54. The van der Waals surface area contributed by atoms with E-state index in [9.17, 15) is 0 Å². The molecule has 0 amide bonds. The summed E-state index contributed by atoms with van der Waals surface area (Å²) in [5, 5.41) is 6.90. The normalized spacial score (nSPS) is 22.4. The first-order valence-electron chi connectivity index (χ1n) is 6.73. The van der Waals surface area contributed by atoms with Crippen LogP contribution in [-0.2, 0) is 0 Å². The molecule has 0 bridgehead atoms. The lowest BCUT2D eigenvalue weighted by molar-refractivity contribution is 0.317. The van der Waals surface area contributed by atoms with Crippen molar-refractivity contribution in [1.29, 1.82) is 0 Å². The highest BCUT2D eigenvalue weighted by molar-refractivity contribution is 5.30. The van der Waals surface area contributed by atoms with Crippen molar-refractivity contribution in [1.82, 2.24) is 10.6 Å². The molecule has 1 aliphatic heterocycles. The highest BCUT2D eigenvalue weighted by Crippen LogP contribution is 2.30. The van der Waals surface area contributed by atoms with Gasteiger partial charge >= 0.3 is 0 Å². The minimum Gasteiger partial charge on any atom is -0.319 e. The first-order valence-corrected chi connectivity index (χ1v) is 6.73. The number of aryl methyl sites for hydroxylation is 1. The number of piperidine rings is 1. The number of nitrogens with one attached hydrogen (secondary N) is 2. The Morgan fingerprint density at radius 1 is 1.41 bits per heavy atom. The SMILES string of the molecule is CNCC(c1ccccc1C)C1CCCNC1. The van der Waals surface area contributed by atoms with E-state index in [2.05, 4.69) is 48.9 Å².